The van der Waals surface area contributed by atoms with Crippen molar-refractivity contribution in [2.45, 2.75) is 65.0 Å². The lowest BCUT2D eigenvalue weighted by Crippen LogP contribution is -2.47. The monoisotopic (exact) mass is 495 g/mol. The number of aromatic nitrogens is 3. The number of allylic oxidation sites excluding steroid dienone is 2. The standard InChI is InChI=1S/C21H24F2N4O2.C6H7N/c1-14-5-6-16(12-24-14)20-18(15(2)29-26-20)13-28-19-4-3-11-25-27(19)17-7-9-21(22,23)10-8-17;1-6-3-2-4-7-5-6/h3-6,11-12,17,25H,7-10,13H2,1-2H3;2-5H,1H3. The second-order valence-electron chi connectivity index (χ2n) is 9.02. The van der Waals surface area contributed by atoms with Gasteiger partial charge in [-0.2, -0.15) is 0 Å². The average Bonchev–Trinajstić information content (AvgIpc) is 3.24. The molecule has 0 saturated heterocycles. The van der Waals surface area contributed by atoms with E-state index in [1.165, 1.54) is 5.56 Å². The molecule has 0 atom stereocenters. The second-order valence-corrected chi connectivity index (χ2v) is 9.02. The summed E-state index contributed by atoms with van der Waals surface area (Å²) in [5.41, 5.74) is 7.64. The zero-order chi connectivity index (χ0) is 25.5. The summed E-state index contributed by atoms with van der Waals surface area (Å²) < 4.78 is 38.5. The lowest BCUT2D eigenvalue weighted by atomic mass is 9.92. The Balaban J connectivity index is 0.000000375. The van der Waals surface area contributed by atoms with Crippen molar-refractivity contribution in [3.8, 4) is 11.3 Å². The van der Waals surface area contributed by atoms with Gasteiger partial charge in [-0.25, -0.2) is 8.78 Å². The number of hydrazine groups is 1. The van der Waals surface area contributed by atoms with Crippen molar-refractivity contribution in [1.82, 2.24) is 25.6 Å². The van der Waals surface area contributed by atoms with Crippen molar-refractivity contribution >= 4 is 0 Å². The molecule has 1 N–H and O–H groups in total. The van der Waals surface area contributed by atoms with Gasteiger partial charge in [0.1, 0.15) is 18.1 Å². The van der Waals surface area contributed by atoms with Crippen molar-refractivity contribution in [3.05, 3.63) is 89.7 Å². The number of alkyl halides is 2. The van der Waals surface area contributed by atoms with Gasteiger partial charge in [0.15, 0.2) is 0 Å². The van der Waals surface area contributed by atoms with Crippen molar-refractivity contribution in [1.29, 1.82) is 0 Å². The van der Waals surface area contributed by atoms with Crippen LogP contribution < -0.4 is 5.43 Å². The minimum Gasteiger partial charge on any atom is -0.473 e. The van der Waals surface area contributed by atoms with E-state index in [1.807, 2.05) is 68.4 Å². The molecule has 1 aliphatic heterocycles. The van der Waals surface area contributed by atoms with Gasteiger partial charge in [-0.15, -0.1) is 0 Å². The molecule has 2 aliphatic rings. The van der Waals surface area contributed by atoms with Crippen LogP contribution in [0.15, 0.2) is 71.6 Å². The second kappa shape index (κ2) is 11.3. The summed E-state index contributed by atoms with van der Waals surface area (Å²) in [4.78, 5) is 8.20. The Labute approximate surface area is 209 Å². The first-order valence-corrected chi connectivity index (χ1v) is 12.0. The first-order valence-electron chi connectivity index (χ1n) is 12.0. The molecule has 4 heterocycles. The Hall–Kier alpha value is -3.75. The molecule has 0 aromatic carbocycles. The number of halogens is 2. The number of pyridine rings is 2. The van der Waals surface area contributed by atoms with Crippen LogP contribution in [-0.4, -0.2) is 32.1 Å². The van der Waals surface area contributed by atoms with Gasteiger partial charge >= 0.3 is 0 Å². The molecule has 0 spiro atoms. The van der Waals surface area contributed by atoms with E-state index in [9.17, 15) is 8.78 Å². The van der Waals surface area contributed by atoms with Crippen molar-refractivity contribution in [2.75, 3.05) is 0 Å². The largest absolute Gasteiger partial charge is 0.473 e. The molecule has 3 aromatic heterocycles. The van der Waals surface area contributed by atoms with Gasteiger partial charge in [0.2, 0.25) is 11.8 Å². The van der Waals surface area contributed by atoms with Crippen LogP contribution in [-0.2, 0) is 11.3 Å². The van der Waals surface area contributed by atoms with Crippen LogP contribution in [0.3, 0.4) is 0 Å². The zero-order valence-electron chi connectivity index (χ0n) is 20.7. The molecule has 0 unspecified atom stereocenters. The maximum atomic E-state index is 13.5. The van der Waals surface area contributed by atoms with Crippen molar-refractivity contribution in [3.63, 3.8) is 0 Å². The van der Waals surface area contributed by atoms with E-state index in [4.69, 9.17) is 9.26 Å². The molecule has 0 radical (unpaired) electrons. The van der Waals surface area contributed by atoms with Crippen molar-refractivity contribution < 1.29 is 18.0 Å². The van der Waals surface area contributed by atoms with E-state index < -0.39 is 5.92 Å². The van der Waals surface area contributed by atoms with Gasteiger partial charge in [-0.05, 0) is 63.5 Å². The summed E-state index contributed by atoms with van der Waals surface area (Å²) in [5, 5.41) is 6.00. The summed E-state index contributed by atoms with van der Waals surface area (Å²) in [5.74, 6) is -1.30. The maximum Gasteiger partial charge on any atom is 0.248 e. The van der Waals surface area contributed by atoms with E-state index in [2.05, 4.69) is 20.6 Å². The molecule has 190 valence electrons. The van der Waals surface area contributed by atoms with E-state index in [1.54, 1.807) is 18.6 Å². The van der Waals surface area contributed by atoms with E-state index in [0.717, 1.165) is 16.8 Å². The number of aryl methyl sites for hydroxylation is 3. The van der Waals surface area contributed by atoms with Gasteiger partial charge in [-0.1, -0.05) is 11.2 Å². The predicted molar refractivity (Wildman–Crippen MR) is 132 cm³/mol. The molecule has 0 amide bonds. The van der Waals surface area contributed by atoms with E-state index >= 15 is 0 Å². The normalized spacial score (nSPS) is 17.0. The number of hydrogen-bond acceptors (Lipinski definition) is 7. The zero-order valence-corrected chi connectivity index (χ0v) is 20.7. The Kier molecular flexibility index (Phi) is 7.97. The van der Waals surface area contributed by atoms with Gasteiger partial charge < -0.3 is 14.7 Å². The summed E-state index contributed by atoms with van der Waals surface area (Å²) in [6.45, 7) is 6.03. The third-order valence-electron chi connectivity index (χ3n) is 6.18. The number of ether oxygens (including phenoxy) is 1. The summed E-state index contributed by atoms with van der Waals surface area (Å²) in [6, 6.07) is 7.77. The molecule has 1 aliphatic carbocycles. The SMILES string of the molecule is Cc1ccc(-c2noc(C)c2COC2=CC=CNN2C2CCC(F)(F)CC2)cn1.Cc1cccnc1. The highest BCUT2D eigenvalue weighted by molar-refractivity contribution is 5.62. The Morgan fingerprint density at radius 2 is 1.94 bits per heavy atom. The van der Waals surface area contributed by atoms with Gasteiger partial charge in [-0.3, -0.25) is 15.0 Å². The van der Waals surface area contributed by atoms with Crippen LogP contribution in [0.4, 0.5) is 8.78 Å². The smallest absolute Gasteiger partial charge is 0.248 e. The van der Waals surface area contributed by atoms with Crippen LogP contribution in [0.2, 0.25) is 0 Å². The Bertz CT molecular complexity index is 1180. The number of rotatable bonds is 5. The highest BCUT2D eigenvalue weighted by Gasteiger charge is 2.38. The third-order valence-corrected chi connectivity index (χ3v) is 6.18. The lowest BCUT2D eigenvalue weighted by molar-refractivity contribution is -0.0632. The van der Waals surface area contributed by atoms with Crippen LogP contribution in [0.1, 0.15) is 48.3 Å². The molecular formula is C27H31F2N5O2. The fraction of sp³-hybridized carbons (Fsp3) is 0.370. The number of hydrogen-bond donors (Lipinski definition) is 1. The van der Waals surface area contributed by atoms with Crippen LogP contribution in [0.5, 0.6) is 0 Å². The highest BCUT2D eigenvalue weighted by Crippen LogP contribution is 2.36. The number of nitrogens with one attached hydrogen (secondary N) is 1. The fourth-order valence-corrected chi connectivity index (χ4v) is 4.07. The molecule has 5 rings (SSSR count). The quantitative estimate of drug-likeness (QED) is 0.464. The van der Waals surface area contributed by atoms with Crippen molar-refractivity contribution in [2.24, 2.45) is 0 Å². The summed E-state index contributed by atoms with van der Waals surface area (Å²) in [7, 11) is 0. The van der Waals surface area contributed by atoms with Gasteiger partial charge in [0.25, 0.3) is 0 Å². The molecular weight excluding hydrogens is 464 g/mol. The minimum atomic E-state index is -2.57. The minimum absolute atomic E-state index is 0.0461. The highest BCUT2D eigenvalue weighted by atomic mass is 19.3. The molecule has 1 fully saturated rings. The van der Waals surface area contributed by atoms with Gasteiger partial charge in [0, 0.05) is 55.0 Å². The van der Waals surface area contributed by atoms with Gasteiger partial charge in [0.05, 0.1) is 11.6 Å². The summed E-state index contributed by atoms with van der Waals surface area (Å²) >= 11 is 0. The first kappa shape index (κ1) is 25.3. The molecule has 0 bridgehead atoms. The average molecular weight is 496 g/mol. The summed E-state index contributed by atoms with van der Waals surface area (Å²) in [6.07, 6.45) is 11.4. The Morgan fingerprint density at radius 3 is 2.58 bits per heavy atom. The predicted octanol–water partition coefficient (Wildman–Crippen LogP) is 6.01. The van der Waals surface area contributed by atoms with E-state index in [0.29, 0.717) is 30.2 Å². The fourth-order valence-electron chi connectivity index (χ4n) is 4.07. The molecule has 36 heavy (non-hydrogen) atoms. The Morgan fingerprint density at radius 1 is 1.14 bits per heavy atom. The molecule has 9 heteroatoms. The van der Waals surface area contributed by atoms with Crippen LogP contribution in [0.25, 0.3) is 11.3 Å². The third kappa shape index (κ3) is 6.47. The van der Waals surface area contributed by atoms with E-state index in [-0.39, 0.29) is 25.5 Å². The number of nitrogens with zero attached hydrogens (tertiary/aromatic N) is 4. The molecule has 1 saturated carbocycles. The van der Waals surface area contributed by atoms with Crippen LogP contribution in [0, 0.1) is 20.8 Å². The molecule has 7 nitrogen and oxygen atoms in total. The molecule has 3 aromatic rings. The lowest BCUT2D eigenvalue weighted by Gasteiger charge is -2.39. The first-order chi connectivity index (χ1) is 17.3. The van der Waals surface area contributed by atoms with Crippen LogP contribution >= 0.6 is 0 Å². The maximum absolute atomic E-state index is 13.5. The topological polar surface area (TPSA) is 76.3 Å².